The standard InChI is InChI=1S/C16H25N3O3S2/c1-24(21,22)18-8-6-14-4-5-15(23-14)16(20)17-10-12-7-9-19(11-12)13-2-3-13/h4-5,12-13,18H,2-3,6-11H2,1H3,(H,17,20)/t12-/m0/s1. The van der Waals surface area contributed by atoms with Gasteiger partial charge in [-0.3, -0.25) is 4.79 Å². The summed E-state index contributed by atoms with van der Waals surface area (Å²) >= 11 is 1.43. The first-order chi connectivity index (χ1) is 11.4. The molecule has 1 saturated heterocycles. The van der Waals surface area contributed by atoms with Gasteiger partial charge in [0.2, 0.25) is 10.0 Å². The normalized spacial score (nSPS) is 22.0. The lowest BCUT2D eigenvalue weighted by atomic mass is 10.1. The van der Waals surface area contributed by atoms with E-state index in [1.165, 1.54) is 37.1 Å². The van der Waals surface area contributed by atoms with Crippen LogP contribution in [0.3, 0.4) is 0 Å². The lowest BCUT2D eigenvalue weighted by Crippen LogP contribution is -2.31. The van der Waals surface area contributed by atoms with E-state index >= 15 is 0 Å². The maximum atomic E-state index is 12.2. The van der Waals surface area contributed by atoms with E-state index in [1.807, 2.05) is 12.1 Å². The Bertz CT molecular complexity index is 682. The van der Waals surface area contributed by atoms with Crippen LogP contribution < -0.4 is 10.0 Å². The number of rotatable bonds is 8. The number of thiophene rings is 1. The largest absolute Gasteiger partial charge is 0.351 e. The van der Waals surface area contributed by atoms with E-state index in [0.29, 0.717) is 23.8 Å². The topological polar surface area (TPSA) is 78.5 Å². The molecule has 8 heteroatoms. The lowest BCUT2D eigenvalue weighted by Gasteiger charge is -2.14. The Balaban J connectivity index is 1.40. The van der Waals surface area contributed by atoms with Gasteiger partial charge in [-0.2, -0.15) is 0 Å². The number of carbonyl (C=O) groups is 1. The summed E-state index contributed by atoms with van der Waals surface area (Å²) in [5, 5.41) is 3.05. The number of hydrogen-bond donors (Lipinski definition) is 2. The van der Waals surface area contributed by atoms with Gasteiger partial charge in [-0.05, 0) is 50.3 Å². The van der Waals surface area contributed by atoms with Crippen LogP contribution in [0.15, 0.2) is 12.1 Å². The molecule has 0 aromatic carbocycles. The molecule has 1 aromatic rings. The SMILES string of the molecule is CS(=O)(=O)NCCc1ccc(C(=O)NC[C@@H]2CCN(C3CC3)C2)s1. The fraction of sp³-hybridized carbons (Fsp3) is 0.688. The molecular formula is C16H25N3O3S2. The molecule has 2 N–H and O–H groups in total. The third kappa shape index (κ3) is 5.27. The molecular weight excluding hydrogens is 346 g/mol. The molecule has 3 rings (SSSR count). The van der Waals surface area contributed by atoms with Crippen LogP contribution in [0.5, 0.6) is 0 Å². The summed E-state index contributed by atoms with van der Waals surface area (Å²) in [6.45, 7) is 3.38. The van der Waals surface area contributed by atoms with Gasteiger partial charge in [0.25, 0.3) is 5.91 Å². The molecule has 1 saturated carbocycles. The molecule has 0 bridgehead atoms. The third-order valence-electron chi connectivity index (χ3n) is 4.55. The predicted molar refractivity (Wildman–Crippen MR) is 95.9 cm³/mol. The number of amides is 1. The molecule has 2 aliphatic rings. The highest BCUT2D eigenvalue weighted by Gasteiger charge is 2.34. The summed E-state index contributed by atoms with van der Waals surface area (Å²) in [5.74, 6) is 0.542. The minimum Gasteiger partial charge on any atom is -0.351 e. The van der Waals surface area contributed by atoms with Crippen molar-refractivity contribution >= 4 is 27.3 Å². The van der Waals surface area contributed by atoms with Crippen LogP contribution in [0.1, 0.15) is 33.8 Å². The summed E-state index contributed by atoms with van der Waals surface area (Å²) in [6.07, 6.45) is 5.60. The fourth-order valence-corrected chi connectivity index (χ4v) is 4.52. The van der Waals surface area contributed by atoms with Crippen molar-refractivity contribution in [1.82, 2.24) is 14.9 Å². The Morgan fingerprint density at radius 1 is 1.33 bits per heavy atom. The minimum atomic E-state index is -3.16. The van der Waals surface area contributed by atoms with Gasteiger partial charge in [-0.15, -0.1) is 11.3 Å². The molecule has 24 heavy (non-hydrogen) atoms. The highest BCUT2D eigenvalue weighted by atomic mass is 32.2. The number of hydrogen-bond acceptors (Lipinski definition) is 5. The zero-order chi connectivity index (χ0) is 17.2. The first-order valence-electron chi connectivity index (χ1n) is 8.46. The average Bonchev–Trinajstić information content (AvgIpc) is 3.07. The van der Waals surface area contributed by atoms with Gasteiger partial charge in [0.1, 0.15) is 0 Å². The summed E-state index contributed by atoms with van der Waals surface area (Å²) < 4.78 is 24.5. The van der Waals surface area contributed by atoms with Gasteiger partial charge < -0.3 is 10.2 Å². The Labute approximate surface area is 147 Å². The van der Waals surface area contributed by atoms with Crippen LogP contribution in [0.2, 0.25) is 0 Å². The Morgan fingerprint density at radius 3 is 2.83 bits per heavy atom. The van der Waals surface area contributed by atoms with E-state index < -0.39 is 10.0 Å². The summed E-state index contributed by atoms with van der Waals surface area (Å²) in [6, 6.07) is 4.53. The second kappa shape index (κ2) is 7.51. The van der Waals surface area contributed by atoms with Gasteiger partial charge in [0, 0.05) is 30.6 Å². The van der Waals surface area contributed by atoms with Crippen molar-refractivity contribution in [3.05, 3.63) is 21.9 Å². The van der Waals surface area contributed by atoms with Crippen LogP contribution in [-0.2, 0) is 16.4 Å². The zero-order valence-electron chi connectivity index (χ0n) is 14.0. The molecule has 2 fully saturated rings. The summed E-state index contributed by atoms with van der Waals surface area (Å²) in [7, 11) is -3.16. The second-order valence-electron chi connectivity index (χ2n) is 6.77. The molecule has 0 unspecified atom stereocenters. The monoisotopic (exact) mass is 371 g/mol. The molecule has 6 nitrogen and oxygen atoms in total. The van der Waals surface area contributed by atoms with Crippen LogP contribution in [0.4, 0.5) is 0 Å². The molecule has 134 valence electrons. The Kier molecular flexibility index (Phi) is 5.59. The van der Waals surface area contributed by atoms with Crippen LogP contribution in [-0.4, -0.2) is 57.7 Å². The zero-order valence-corrected chi connectivity index (χ0v) is 15.6. The molecule has 2 heterocycles. The second-order valence-corrected chi connectivity index (χ2v) is 9.77. The fourth-order valence-electron chi connectivity index (χ4n) is 3.12. The van der Waals surface area contributed by atoms with Crippen molar-refractivity contribution in [2.45, 2.75) is 31.7 Å². The van der Waals surface area contributed by atoms with Crippen LogP contribution >= 0.6 is 11.3 Å². The van der Waals surface area contributed by atoms with Gasteiger partial charge in [-0.25, -0.2) is 13.1 Å². The van der Waals surface area contributed by atoms with Crippen molar-refractivity contribution in [2.24, 2.45) is 5.92 Å². The highest BCUT2D eigenvalue weighted by molar-refractivity contribution is 7.88. The number of nitrogens with zero attached hydrogens (tertiary/aromatic N) is 1. The average molecular weight is 372 g/mol. The first-order valence-corrected chi connectivity index (χ1v) is 11.2. The third-order valence-corrected chi connectivity index (χ3v) is 6.43. The Hall–Kier alpha value is -0.960. The molecule has 0 spiro atoms. The first kappa shape index (κ1) is 17.8. The molecule has 1 atom stereocenters. The van der Waals surface area contributed by atoms with E-state index in [9.17, 15) is 13.2 Å². The van der Waals surface area contributed by atoms with Gasteiger partial charge >= 0.3 is 0 Å². The summed E-state index contributed by atoms with van der Waals surface area (Å²) in [5.41, 5.74) is 0. The van der Waals surface area contributed by atoms with E-state index in [0.717, 1.165) is 30.3 Å². The quantitative estimate of drug-likeness (QED) is 0.716. The van der Waals surface area contributed by atoms with Gasteiger partial charge in [-0.1, -0.05) is 0 Å². The van der Waals surface area contributed by atoms with Crippen molar-refractivity contribution < 1.29 is 13.2 Å². The van der Waals surface area contributed by atoms with Crippen LogP contribution in [0.25, 0.3) is 0 Å². The van der Waals surface area contributed by atoms with Crippen molar-refractivity contribution in [2.75, 3.05) is 32.4 Å². The minimum absolute atomic E-state index is 0.0211. The smallest absolute Gasteiger partial charge is 0.261 e. The predicted octanol–water partition coefficient (Wildman–Crippen LogP) is 1.05. The van der Waals surface area contributed by atoms with E-state index in [-0.39, 0.29) is 5.91 Å². The molecule has 1 aliphatic carbocycles. The molecule has 1 aromatic heterocycles. The number of likely N-dealkylation sites (tertiary alicyclic amines) is 1. The van der Waals surface area contributed by atoms with Crippen molar-refractivity contribution in [3.8, 4) is 0 Å². The molecule has 1 amide bonds. The number of sulfonamides is 1. The van der Waals surface area contributed by atoms with Crippen molar-refractivity contribution in [3.63, 3.8) is 0 Å². The molecule has 0 radical (unpaired) electrons. The summed E-state index contributed by atoms with van der Waals surface area (Å²) in [4.78, 5) is 16.5. The highest BCUT2D eigenvalue weighted by Crippen LogP contribution is 2.31. The van der Waals surface area contributed by atoms with E-state index in [4.69, 9.17) is 0 Å². The van der Waals surface area contributed by atoms with Crippen molar-refractivity contribution in [1.29, 1.82) is 0 Å². The number of nitrogens with one attached hydrogen (secondary N) is 2. The van der Waals surface area contributed by atoms with Gasteiger partial charge in [0.15, 0.2) is 0 Å². The van der Waals surface area contributed by atoms with E-state index in [2.05, 4.69) is 14.9 Å². The van der Waals surface area contributed by atoms with E-state index in [1.54, 1.807) is 0 Å². The molecule has 1 aliphatic heterocycles. The maximum Gasteiger partial charge on any atom is 0.261 e. The van der Waals surface area contributed by atoms with Gasteiger partial charge in [0.05, 0.1) is 11.1 Å². The van der Waals surface area contributed by atoms with Crippen LogP contribution in [0, 0.1) is 5.92 Å². The number of carbonyl (C=O) groups excluding carboxylic acids is 1. The maximum absolute atomic E-state index is 12.2. The Morgan fingerprint density at radius 2 is 2.12 bits per heavy atom. The lowest BCUT2D eigenvalue weighted by molar-refractivity contribution is 0.0951.